The van der Waals surface area contributed by atoms with E-state index in [0.717, 1.165) is 24.1 Å². The number of amides is 1. The quantitative estimate of drug-likeness (QED) is 0.724. The van der Waals surface area contributed by atoms with Gasteiger partial charge in [0.15, 0.2) is 0 Å². The zero-order valence-corrected chi connectivity index (χ0v) is 16.6. The fourth-order valence-electron chi connectivity index (χ4n) is 2.76. The van der Waals surface area contributed by atoms with E-state index < -0.39 is 10.0 Å². The lowest BCUT2D eigenvalue weighted by molar-refractivity contribution is -0.116. The molecule has 0 aromatic heterocycles. The molecule has 0 spiro atoms. The number of aryl methyl sites for hydroxylation is 1. The molecule has 1 aliphatic rings. The average molecular weight is 387 g/mol. The molecule has 2 aromatic carbocycles. The lowest BCUT2D eigenvalue weighted by Crippen LogP contribution is -2.25. The van der Waals surface area contributed by atoms with Crippen molar-refractivity contribution < 1.29 is 13.2 Å². The summed E-state index contributed by atoms with van der Waals surface area (Å²) in [6, 6.07) is 14.7. The molecule has 0 saturated heterocycles. The summed E-state index contributed by atoms with van der Waals surface area (Å²) in [4.78, 5) is 12.4. The minimum Gasteiger partial charge on any atom is -0.326 e. The summed E-state index contributed by atoms with van der Waals surface area (Å²) in [7, 11) is -3.42. The van der Waals surface area contributed by atoms with Gasteiger partial charge >= 0.3 is 0 Å². The Bertz CT molecular complexity index is 884. The lowest BCUT2D eigenvalue weighted by atomic mass is 10.0. The minimum atomic E-state index is -3.42. The van der Waals surface area contributed by atoms with Crippen LogP contribution in [0, 0.1) is 0 Å². The Morgan fingerprint density at radius 1 is 1.04 bits per heavy atom. The number of nitrogens with one attached hydrogen (secondary N) is 2. The van der Waals surface area contributed by atoms with Crippen molar-refractivity contribution in [1.82, 2.24) is 4.72 Å². The summed E-state index contributed by atoms with van der Waals surface area (Å²) in [5.74, 6) is 0.403. The molecule has 3 rings (SSSR count). The van der Waals surface area contributed by atoms with Crippen molar-refractivity contribution in [3.8, 4) is 0 Å². The fraction of sp³-hybridized carbons (Fsp3) is 0.381. The molecule has 2 aromatic rings. The second-order valence-corrected chi connectivity index (χ2v) is 9.08. The van der Waals surface area contributed by atoms with Crippen LogP contribution in [0.25, 0.3) is 0 Å². The number of sulfonamides is 1. The number of hydrogen-bond acceptors (Lipinski definition) is 3. The highest BCUT2D eigenvalue weighted by atomic mass is 32.2. The van der Waals surface area contributed by atoms with Gasteiger partial charge in [-0.05, 0) is 60.6 Å². The molecule has 6 heteroatoms. The van der Waals surface area contributed by atoms with Crippen LogP contribution in [0.4, 0.5) is 5.69 Å². The zero-order chi connectivity index (χ0) is 19.4. The number of benzene rings is 2. The Balaban J connectivity index is 1.51. The normalized spacial score (nSPS) is 14.3. The highest BCUT2D eigenvalue weighted by Gasteiger charge is 2.27. The van der Waals surface area contributed by atoms with E-state index in [1.54, 1.807) is 24.3 Å². The molecule has 0 radical (unpaired) electrons. The number of rotatable bonds is 8. The molecule has 0 aliphatic heterocycles. The molecule has 0 bridgehead atoms. The van der Waals surface area contributed by atoms with Gasteiger partial charge in [-0.25, -0.2) is 13.1 Å². The fourth-order valence-corrected chi connectivity index (χ4v) is 4.06. The van der Waals surface area contributed by atoms with E-state index in [1.807, 2.05) is 24.3 Å². The molecular weight excluding hydrogens is 360 g/mol. The van der Waals surface area contributed by atoms with Gasteiger partial charge in [-0.15, -0.1) is 0 Å². The SMILES string of the molecule is CC(C)c1ccc(NC(=O)CCc2ccc(S(=O)(=O)NC3CC3)cc2)cc1. The van der Waals surface area contributed by atoms with Crippen LogP contribution < -0.4 is 10.0 Å². The minimum absolute atomic E-state index is 0.0561. The number of carbonyl (C=O) groups excluding carboxylic acids is 1. The van der Waals surface area contributed by atoms with Gasteiger partial charge in [0.05, 0.1) is 4.90 Å². The van der Waals surface area contributed by atoms with Crippen LogP contribution in [0.15, 0.2) is 53.4 Å². The van der Waals surface area contributed by atoms with Gasteiger partial charge in [0.2, 0.25) is 15.9 Å². The van der Waals surface area contributed by atoms with Crippen LogP contribution in [0.1, 0.15) is 50.2 Å². The summed E-state index contributed by atoms with van der Waals surface area (Å²) < 4.78 is 27.0. The maximum Gasteiger partial charge on any atom is 0.240 e. The van der Waals surface area contributed by atoms with E-state index in [9.17, 15) is 13.2 Å². The van der Waals surface area contributed by atoms with Crippen molar-refractivity contribution in [1.29, 1.82) is 0 Å². The van der Waals surface area contributed by atoms with Crippen LogP contribution in [0.2, 0.25) is 0 Å². The predicted molar refractivity (Wildman–Crippen MR) is 107 cm³/mol. The third kappa shape index (κ3) is 5.65. The van der Waals surface area contributed by atoms with Crippen LogP contribution >= 0.6 is 0 Å². The lowest BCUT2D eigenvalue weighted by Gasteiger charge is -2.09. The molecule has 1 saturated carbocycles. The van der Waals surface area contributed by atoms with Gasteiger partial charge in [-0.2, -0.15) is 0 Å². The predicted octanol–water partition coefficient (Wildman–Crippen LogP) is 3.82. The van der Waals surface area contributed by atoms with Gasteiger partial charge in [0, 0.05) is 18.2 Å². The second-order valence-electron chi connectivity index (χ2n) is 7.36. The molecule has 144 valence electrons. The molecular formula is C21H26N2O3S. The van der Waals surface area contributed by atoms with E-state index >= 15 is 0 Å². The van der Waals surface area contributed by atoms with E-state index in [2.05, 4.69) is 23.9 Å². The molecule has 0 unspecified atom stereocenters. The highest BCUT2D eigenvalue weighted by Crippen LogP contribution is 2.22. The van der Waals surface area contributed by atoms with Gasteiger partial charge in [-0.1, -0.05) is 38.1 Å². The smallest absolute Gasteiger partial charge is 0.240 e. The number of hydrogen-bond donors (Lipinski definition) is 2. The highest BCUT2D eigenvalue weighted by molar-refractivity contribution is 7.89. The van der Waals surface area contributed by atoms with E-state index in [0.29, 0.717) is 18.8 Å². The van der Waals surface area contributed by atoms with E-state index in [4.69, 9.17) is 0 Å². The first-order chi connectivity index (χ1) is 12.8. The summed E-state index contributed by atoms with van der Waals surface area (Å²) in [6.07, 6.45) is 2.73. The van der Waals surface area contributed by atoms with Crippen LogP contribution in [-0.2, 0) is 21.2 Å². The Labute approximate surface area is 161 Å². The molecule has 1 fully saturated rings. The Morgan fingerprint density at radius 3 is 2.22 bits per heavy atom. The third-order valence-electron chi connectivity index (χ3n) is 4.63. The van der Waals surface area contributed by atoms with Crippen LogP contribution in [-0.4, -0.2) is 20.4 Å². The zero-order valence-electron chi connectivity index (χ0n) is 15.7. The maximum atomic E-state index is 12.2. The standard InChI is InChI=1S/C21H26N2O3S/c1-15(2)17-6-8-18(9-7-17)22-21(24)14-5-16-3-12-20(13-4-16)27(25,26)23-19-10-11-19/h3-4,6-9,12-13,15,19,23H,5,10-11,14H2,1-2H3,(H,22,24). The van der Waals surface area contributed by atoms with Crippen LogP contribution in [0.3, 0.4) is 0 Å². The van der Waals surface area contributed by atoms with Gasteiger partial charge < -0.3 is 5.32 Å². The first-order valence-corrected chi connectivity index (χ1v) is 10.8. The topological polar surface area (TPSA) is 75.3 Å². The van der Waals surface area contributed by atoms with Gasteiger partial charge in [0.25, 0.3) is 0 Å². The van der Waals surface area contributed by atoms with Gasteiger partial charge in [0.1, 0.15) is 0 Å². The molecule has 2 N–H and O–H groups in total. The maximum absolute atomic E-state index is 12.2. The first-order valence-electron chi connectivity index (χ1n) is 9.34. The molecule has 27 heavy (non-hydrogen) atoms. The van der Waals surface area contributed by atoms with Crippen molar-refractivity contribution in [2.24, 2.45) is 0 Å². The molecule has 1 aliphatic carbocycles. The Hall–Kier alpha value is -2.18. The van der Waals surface area contributed by atoms with Crippen molar-refractivity contribution in [3.63, 3.8) is 0 Å². The largest absolute Gasteiger partial charge is 0.326 e. The van der Waals surface area contributed by atoms with Crippen molar-refractivity contribution in [3.05, 3.63) is 59.7 Å². The number of anilines is 1. The van der Waals surface area contributed by atoms with Crippen molar-refractivity contribution in [2.75, 3.05) is 5.32 Å². The van der Waals surface area contributed by atoms with Crippen molar-refractivity contribution in [2.45, 2.75) is 56.4 Å². The van der Waals surface area contributed by atoms with Crippen LogP contribution in [0.5, 0.6) is 0 Å². The van der Waals surface area contributed by atoms with E-state index in [-0.39, 0.29) is 16.8 Å². The Kier molecular flexibility index (Phi) is 5.97. The van der Waals surface area contributed by atoms with E-state index in [1.165, 1.54) is 5.56 Å². The summed E-state index contributed by atoms with van der Waals surface area (Å²) in [5, 5.41) is 2.90. The summed E-state index contributed by atoms with van der Waals surface area (Å²) in [5.41, 5.74) is 2.96. The molecule has 0 atom stereocenters. The summed E-state index contributed by atoms with van der Waals surface area (Å²) in [6.45, 7) is 4.26. The second kappa shape index (κ2) is 8.23. The molecule has 5 nitrogen and oxygen atoms in total. The average Bonchev–Trinajstić information content (AvgIpc) is 3.44. The first kappa shape index (κ1) is 19.6. The Morgan fingerprint density at radius 2 is 1.67 bits per heavy atom. The van der Waals surface area contributed by atoms with Gasteiger partial charge in [-0.3, -0.25) is 4.79 Å². The summed E-state index contributed by atoms with van der Waals surface area (Å²) >= 11 is 0. The third-order valence-corrected chi connectivity index (χ3v) is 6.17. The van der Waals surface area contributed by atoms with Crippen molar-refractivity contribution >= 4 is 21.6 Å². The monoisotopic (exact) mass is 386 g/mol. The molecule has 0 heterocycles. The molecule has 1 amide bonds. The number of carbonyl (C=O) groups is 1.